The number of alkyl halides is 2. The molecule has 0 N–H and O–H groups in total. The highest BCUT2D eigenvalue weighted by Gasteiger charge is 2.35. The highest BCUT2D eigenvalue weighted by atomic mass is 79.9. The molecule has 1 saturated heterocycles. The Balaban J connectivity index is 2.57. The van der Waals surface area contributed by atoms with E-state index in [2.05, 4.69) is 45.7 Å². The fraction of sp³-hybridized carbons (Fsp3) is 1.00. The van der Waals surface area contributed by atoms with Crippen LogP contribution in [0.1, 0.15) is 33.1 Å². The van der Waals surface area contributed by atoms with E-state index in [4.69, 9.17) is 4.74 Å². The highest BCUT2D eigenvalue weighted by molar-refractivity contribution is 9.09. The summed E-state index contributed by atoms with van der Waals surface area (Å²) in [6.45, 7) is 5.57. The predicted octanol–water partition coefficient (Wildman–Crippen LogP) is 3.99. The van der Waals surface area contributed by atoms with E-state index in [0.29, 0.717) is 17.4 Å². The van der Waals surface area contributed by atoms with Gasteiger partial charge in [-0.3, -0.25) is 0 Å². The Kier molecular flexibility index (Phi) is 5.43. The van der Waals surface area contributed by atoms with Crippen LogP contribution in [0.5, 0.6) is 0 Å². The number of rotatable bonds is 5. The molecule has 0 amide bonds. The van der Waals surface area contributed by atoms with Crippen molar-refractivity contribution in [2.45, 2.75) is 39.2 Å². The number of hydrogen-bond acceptors (Lipinski definition) is 1. The lowest BCUT2D eigenvalue weighted by Crippen LogP contribution is -2.35. The lowest BCUT2D eigenvalue weighted by molar-refractivity contribution is 0.0607. The monoisotopic (exact) mass is 326 g/mol. The van der Waals surface area contributed by atoms with E-state index in [1.807, 2.05) is 0 Å². The van der Waals surface area contributed by atoms with E-state index in [1.54, 1.807) is 0 Å². The average molecular weight is 328 g/mol. The van der Waals surface area contributed by atoms with Crippen molar-refractivity contribution in [2.24, 2.45) is 11.3 Å². The van der Waals surface area contributed by atoms with Gasteiger partial charge in [-0.1, -0.05) is 45.7 Å². The maximum atomic E-state index is 5.72. The van der Waals surface area contributed by atoms with E-state index in [9.17, 15) is 0 Å². The Hall–Kier alpha value is 0.920. The first kappa shape index (κ1) is 13.0. The third-order valence-corrected chi connectivity index (χ3v) is 5.65. The maximum Gasteiger partial charge on any atom is 0.0582 e. The molecule has 1 unspecified atom stereocenters. The minimum atomic E-state index is 0.356. The van der Waals surface area contributed by atoms with Crippen LogP contribution < -0.4 is 0 Å². The molecule has 1 atom stereocenters. The van der Waals surface area contributed by atoms with Gasteiger partial charge in [0.05, 0.1) is 6.10 Å². The second-order valence-corrected chi connectivity index (χ2v) is 5.74. The van der Waals surface area contributed by atoms with Gasteiger partial charge in [0, 0.05) is 17.3 Å². The Morgan fingerprint density at radius 1 is 1.36 bits per heavy atom. The zero-order valence-corrected chi connectivity index (χ0v) is 12.2. The summed E-state index contributed by atoms with van der Waals surface area (Å²) < 4.78 is 5.72. The van der Waals surface area contributed by atoms with Gasteiger partial charge < -0.3 is 4.74 Å². The van der Waals surface area contributed by atoms with Crippen LogP contribution in [0, 0.1) is 11.3 Å². The molecule has 0 bridgehead atoms. The predicted molar refractivity (Wildman–Crippen MR) is 68.5 cm³/mol. The quantitative estimate of drug-likeness (QED) is 0.694. The van der Waals surface area contributed by atoms with E-state index in [1.165, 1.54) is 19.3 Å². The Morgan fingerprint density at radius 2 is 2.00 bits per heavy atom. The molecule has 0 spiro atoms. The zero-order valence-electron chi connectivity index (χ0n) is 9.06. The number of ether oxygens (including phenoxy) is 1. The first-order valence-corrected chi connectivity index (χ1v) is 7.62. The molecular weight excluding hydrogens is 308 g/mol. The third kappa shape index (κ3) is 2.96. The molecule has 1 rings (SSSR count). The molecule has 84 valence electrons. The molecule has 1 aliphatic heterocycles. The first-order chi connectivity index (χ1) is 6.64. The van der Waals surface area contributed by atoms with Crippen LogP contribution in [0.4, 0.5) is 0 Å². The highest BCUT2D eigenvalue weighted by Crippen LogP contribution is 2.39. The molecule has 0 aromatic heterocycles. The fourth-order valence-corrected chi connectivity index (χ4v) is 4.63. The Morgan fingerprint density at radius 3 is 2.36 bits per heavy atom. The SMILES string of the molecule is CC(C)C(CBr)(CBr)CC1CCCO1. The molecule has 0 aliphatic carbocycles. The average Bonchev–Trinajstić information content (AvgIpc) is 2.66. The van der Waals surface area contributed by atoms with Crippen LogP contribution in [0.2, 0.25) is 0 Å². The van der Waals surface area contributed by atoms with Gasteiger partial charge in [-0.2, -0.15) is 0 Å². The maximum absolute atomic E-state index is 5.72. The van der Waals surface area contributed by atoms with Crippen LogP contribution in [-0.2, 0) is 4.74 Å². The minimum absolute atomic E-state index is 0.356. The van der Waals surface area contributed by atoms with E-state index in [-0.39, 0.29) is 0 Å². The molecule has 0 aromatic carbocycles. The van der Waals surface area contributed by atoms with Crippen LogP contribution >= 0.6 is 31.9 Å². The van der Waals surface area contributed by atoms with Gasteiger partial charge in [0.15, 0.2) is 0 Å². The van der Waals surface area contributed by atoms with Gasteiger partial charge in [0.1, 0.15) is 0 Å². The smallest absolute Gasteiger partial charge is 0.0582 e. The second-order valence-electron chi connectivity index (χ2n) is 4.62. The van der Waals surface area contributed by atoms with Gasteiger partial charge >= 0.3 is 0 Å². The van der Waals surface area contributed by atoms with Crippen molar-refractivity contribution in [2.75, 3.05) is 17.3 Å². The van der Waals surface area contributed by atoms with Gasteiger partial charge in [0.25, 0.3) is 0 Å². The van der Waals surface area contributed by atoms with E-state index >= 15 is 0 Å². The Bertz CT molecular complexity index is 161. The Labute approximate surface area is 104 Å². The van der Waals surface area contributed by atoms with Crippen molar-refractivity contribution in [3.63, 3.8) is 0 Å². The summed E-state index contributed by atoms with van der Waals surface area (Å²) >= 11 is 7.31. The van der Waals surface area contributed by atoms with Gasteiger partial charge in [0.2, 0.25) is 0 Å². The largest absolute Gasteiger partial charge is 0.378 e. The molecule has 1 aliphatic rings. The van der Waals surface area contributed by atoms with Crippen molar-refractivity contribution in [1.29, 1.82) is 0 Å². The summed E-state index contributed by atoms with van der Waals surface area (Å²) in [7, 11) is 0. The lowest BCUT2D eigenvalue weighted by Gasteiger charge is -2.36. The standard InChI is InChI=1S/C11H20Br2O/c1-9(2)11(7-12,8-13)6-10-4-3-5-14-10/h9-10H,3-8H2,1-2H3. The second kappa shape index (κ2) is 5.86. The van der Waals surface area contributed by atoms with Gasteiger partial charge in [-0.15, -0.1) is 0 Å². The fourth-order valence-electron chi connectivity index (χ4n) is 1.95. The van der Waals surface area contributed by atoms with E-state index in [0.717, 1.165) is 17.3 Å². The summed E-state index contributed by atoms with van der Waals surface area (Å²) in [4.78, 5) is 0. The van der Waals surface area contributed by atoms with Gasteiger partial charge in [-0.05, 0) is 30.6 Å². The van der Waals surface area contributed by atoms with E-state index < -0.39 is 0 Å². The molecule has 0 aromatic rings. The summed E-state index contributed by atoms with van der Waals surface area (Å²) in [6, 6.07) is 0. The number of hydrogen-bond donors (Lipinski definition) is 0. The van der Waals surface area contributed by atoms with Crippen LogP contribution in [0.25, 0.3) is 0 Å². The molecular formula is C11H20Br2O. The summed E-state index contributed by atoms with van der Waals surface area (Å²) in [5, 5.41) is 2.12. The van der Waals surface area contributed by atoms with Crippen LogP contribution in [0.3, 0.4) is 0 Å². The molecule has 0 saturated carbocycles. The minimum Gasteiger partial charge on any atom is -0.378 e. The number of halogens is 2. The van der Waals surface area contributed by atoms with Crippen molar-refractivity contribution >= 4 is 31.9 Å². The van der Waals surface area contributed by atoms with Crippen LogP contribution in [-0.4, -0.2) is 23.4 Å². The van der Waals surface area contributed by atoms with Crippen molar-refractivity contribution < 1.29 is 4.74 Å². The van der Waals surface area contributed by atoms with Crippen molar-refractivity contribution in [1.82, 2.24) is 0 Å². The van der Waals surface area contributed by atoms with Gasteiger partial charge in [-0.25, -0.2) is 0 Å². The van der Waals surface area contributed by atoms with Crippen molar-refractivity contribution in [3.05, 3.63) is 0 Å². The first-order valence-electron chi connectivity index (χ1n) is 5.38. The third-order valence-electron chi connectivity index (χ3n) is 3.42. The molecule has 0 radical (unpaired) electrons. The summed E-state index contributed by atoms with van der Waals surface area (Å²) in [6.07, 6.45) is 4.16. The van der Waals surface area contributed by atoms with Crippen LogP contribution in [0.15, 0.2) is 0 Å². The van der Waals surface area contributed by atoms with Crippen molar-refractivity contribution in [3.8, 4) is 0 Å². The topological polar surface area (TPSA) is 9.23 Å². The molecule has 14 heavy (non-hydrogen) atoms. The summed E-state index contributed by atoms with van der Waals surface area (Å²) in [5.74, 6) is 0.686. The molecule has 1 fully saturated rings. The molecule has 1 heterocycles. The zero-order chi connectivity index (χ0) is 10.6. The normalized spacial score (nSPS) is 23.4. The molecule has 3 heteroatoms. The lowest BCUT2D eigenvalue weighted by atomic mass is 9.76. The molecule has 1 nitrogen and oxygen atoms in total. The summed E-state index contributed by atoms with van der Waals surface area (Å²) in [5.41, 5.74) is 0.356.